The molecule has 8 heteroatoms. The maximum absolute atomic E-state index is 10.3. The molecule has 0 radical (unpaired) electrons. The molecule has 3 rings (SSSR count). The molecule has 0 spiro atoms. The summed E-state index contributed by atoms with van der Waals surface area (Å²) < 4.78 is 12.5. The van der Waals surface area contributed by atoms with Crippen LogP contribution in [0.1, 0.15) is 25.0 Å². The Hall–Kier alpha value is -0.710. The second kappa shape index (κ2) is 12.8. The maximum atomic E-state index is 10.3. The van der Waals surface area contributed by atoms with Crippen LogP contribution in [-0.4, -0.2) is 77.6 Å². The predicted octanol–water partition coefficient (Wildman–Crippen LogP) is 4.38. The lowest BCUT2D eigenvalue weighted by atomic mass is 9.78. The van der Waals surface area contributed by atoms with Gasteiger partial charge in [-0.05, 0) is 58.0 Å². The van der Waals surface area contributed by atoms with Crippen molar-refractivity contribution in [2.24, 2.45) is 0 Å². The third-order valence-corrected chi connectivity index (χ3v) is 8.00. The van der Waals surface area contributed by atoms with Gasteiger partial charge in [0.05, 0.1) is 9.45 Å². The van der Waals surface area contributed by atoms with Gasteiger partial charge in [0.15, 0.2) is 0 Å². The van der Waals surface area contributed by atoms with E-state index in [1.54, 1.807) is 0 Å². The normalized spacial score (nSPS) is 16.9. The summed E-state index contributed by atoms with van der Waals surface area (Å²) in [6.07, 6.45) is -1.16. The minimum Gasteiger partial charge on any atom is -0.491 e. The highest BCUT2D eigenvalue weighted by atomic mass is 127. The van der Waals surface area contributed by atoms with Crippen molar-refractivity contribution in [1.82, 2.24) is 4.90 Å². The first-order valence-corrected chi connectivity index (χ1v) is 13.9. The third-order valence-electron chi connectivity index (χ3n) is 5.85. The molecule has 2 unspecified atom stereocenters. The molecule has 0 bridgehead atoms. The Morgan fingerprint density at radius 2 is 1.64 bits per heavy atom. The first-order chi connectivity index (χ1) is 15.8. The molecule has 2 N–H and O–H groups in total. The van der Waals surface area contributed by atoms with Crippen LogP contribution in [0.3, 0.4) is 0 Å². The fraction of sp³-hybridized carbons (Fsp3) is 0.520. The molecule has 1 aliphatic heterocycles. The molecule has 182 valence electrons. The van der Waals surface area contributed by atoms with Crippen LogP contribution >= 0.6 is 46.0 Å². The minimum absolute atomic E-state index is 0.151. The van der Waals surface area contributed by atoms with Gasteiger partial charge in [0.1, 0.15) is 36.9 Å². The highest BCUT2D eigenvalue weighted by molar-refractivity contribution is 14.1. The zero-order valence-corrected chi connectivity index (χ0v) is 22.9. The highest BCUT2D eigenvalue weighted by Crippen LogP contribution is 2.35. The van der Waals surface area contributed by atoms with Gasteiger partial charge in [-0.1, -0.05) is 32.0 Å². The SMILES string of the molecule is CC(C)(c1ccc(OCC(O)CN2CCSCC2)cc1)c1ccc(OCC(O)CCl)c(I)c1. The summed E-state index contributed by atoms with van der Waals surface area (Å²) in [4.78, 5) is 2.30. The summed E-state index contributed by atoms with van der Waals surface area (Å²) in [6, 6.07) is 14.2. The van der Waals surface area contributed by atoms with Crippen LogP contribution in [0.4, 0.5) is 0 Å². The number of rotatable bonds is 11. The van der Waals surface area contributed by atoms with E-state index >= 15 is 0 Å². The van der Waals surface area contributed by atoms with Gasteiger partial charge in [0.25, 0.3) is 0 Å². The van der Waals surface area contributed by atoms with Crippen LogP contribution in [0.15, 0.2) is 42.5 Å². The van der Waals surface area contributed by atoms with Crippen molar-refractivity contribution in [2.75, 3.05) is 50.2 Å². The van der Waals surface area contributed by atoms with Crippen LogP contribution in [0.5, 0.6) is 11.5 Å². The average molecular weight is 606 g/mol. The van der Waals surface area contributed by atoms with E-state index < -0.39 is 12.2 Å². The van der Waals surface area contributed by atoms with Crippen molar-refractivity contribution in [3.63, 3.8) is 0 Å². The summed E-state index contributed by atoms with van der Waals surface area (Å²) in [5, 5.41) is 19.9. The summed E-state index contributed by atoms with van der Waals surface area (Å²) >= 11 is 9.87. The fourth-order valence-corrected chi connectivity index (χ4v) is 5.44. The number of alkyl halides is 1. The van der Waals surface area contributed by atoms with Crippen molar-refractivity contribution in [3.05, 3.63) is 57.2 Å². The zero-order valence-electron chi connectivity index (χ0n) is 19.2. The van der Waals surface area contributed by atoms with E-state index in [2.05, 4.69) is 65.6 Å². The van der Waals surface area contributed by atoms with Crippen LogP contribution in [0.2, 0.25) is 0 Å². The molecule has 0 amide bonds. The van der Waals surface area contributed by atoms with E-state index in [-0.39, 0.29) is 17.9 Å². The summed E-state index contributed by atoms with van der Waals surface area (Å²) in [6.45, 7) is 7.58. The number of hydrogen-bond donors (Lipinski definition) is 2. The monoisotopic (exact) mass is 605 g/mol. The summed E-state index contributed by atoms with van der Waals surface area (Å²) in [5.74, 6) is 3.93. The van der Waals surface area contributed by atoms with Crippen molar-refractivity contribution in [1.29, 1.82) is 0 Å². The van der Waals surface area contributed by atoms with Crippen LogP contribution in [0.25, 0.3) is 0 Å². The van der Waals surface area contributed by atoms with Crippen LogP contribution in [-0.2, 0) is 5.41 Å². The summed E-state index contributed by atoms with van der Waals surface area (Å²) in [5.41, 5.74) is 2.13. The van der Waals surface area contributed by atoms with Gasteiger partial charge in [-0.3, -0.25) is 4.90 Å². The number of halogens is 2. The number of β-amino-alcohol motifs (C(OH)–C–C–N with tert-alkyl or cyclic N) is 1. The van der Waals surface area contributed by atoms with Crippen molar-refractivity contribution >= 4 is 46.0 Å². The Bertz CT molecular complexity index is 877. The molecular formula is C25H33ClINO4S. The lowest BCUT2D eigenvalue weighted by Crippen LogP contribution is -2.40. The Balaban J connectivity index is 1.57. The molecule has 1 saturated heterocycles. The van der Waals surface area contributed by atoms with E-state index in [0.29, 0.717) is 13.2 Å². The molecule has 2 aromatic rings. The highest BCUT2D eigenvalue weighted by Gasteiger charge is 2.24. The lowest BCUT2D eigenvalue weighted by molar-refractivity contribution is 0.0715. The molecule has 5 nitrogen and oxygen atoms in total. The number of thioether (sulfide) groups is 1. The number of aliphatic hydroxyl groups excluding tert-OH is 2. The molecule has 33 heavy (non-hydrogen) atoms. The molecule has 2 atom stereocenters. The topological polar surface area (TPSA) is 62.2 Å². The smallest absolute Gasteiger partial charge is 0.132 e. The van der Waals surface area contributed by atoms with E-state index in [4.69, 9.17) is 21.1 Å². The maximum Gasteiger partial charge on any atom is 0.132 e. The van der Waals surface area contributed by atoms with Gasteiger partial charge in [-0.25, -0.2) is 0 Å². The van der Waals surface area contributed by atoms with Gasteiger partial charge < -0.3 is 19.7 Å². The van der Waals surface area contributed by atoms with Gasteiger partial charge in [-0.15, -0.1) is 11.6 Å². The van der Waals surface area contributed by atoms with Gasteiger partial charge in [-0.2, -0.15) is 11.8 Å². The average Bonchev–Trinajstić information content (AvgIpc) is 2.82. The first-order valence-electron chi connectivity index (χ1n) is 11.2. The number of nitrogens with zero attached hydrogens (tertiary/aromatic N) is 1. The molecule has 0 saturated carbocycles. The molecular weight excluding hydrogens is 573 g/mol. The first kappa shape index (κ1) is 26.9. The zero-order chi connectivity index (χ0) is 23.8. The lowest BCUT2D eigenvalue weighted by Gasteiger charge is -2.28. The van der Waals surface area contributed by atoms with Crippen LogP contribution < -0.4 is 9.47 Å². The van der Waals surface area contributed by atoms with Crippen LogP contribution in [0, 0.1) is 3.57 Å². The predicted molar refractivity (Wildman–Crippen MR) is 145 cm³/mol. The van der Waals surface area contributed by atoms with Crippen molar-refractivity contribution in [2.45, 2.75) is 31.5 Å². The van der Waals surface area contributed by atoms with Crippen molar-refractivity contribution < 1.29 is 19.7 Å². The van der Waals surface area contributed by atoms with E-state index in [9.17, 15) is 10.2 Å². The molecule has 2 aromatic carbocycles. The Morgan fingerprint density at radius 3 is 2.27 bits per heavy atom. The second-order valence-electron chi connectivity index (χ2n) is 8.79. The summed E-state index contributed by atoms with van der Waals surface area (Å²) in [7, 11) is 0. The third kappa shape index (κ3) is 7.90. The molecule has 1 aliphatic rings. The van der Waals surface area contributed by atoms with Gasteiger partial charge in [0.2, 0.25) is 0 Å². The largest absolute Gasteiger partial charge is 0.491 e. The van der Waals surface area contributed by atoms with E-state index in [0.717, 1.165) is 39.7 Å². The van der Waals surface area contributed by atoms with E-state index in [1.807, 2.05) is 30.0 Å². The Kier molecular flexibility index (Phi) is 10.5. The number of aliphatic hydroxyl groups is 2. The minimum atomic E-state index is -0.677. The molecule has 0 aromatic heterocycles. The molecule has 1 heterocycles. The second-order valence-corrected chi connectivity index (χ2v) is 11.5. The Labute approximate surface area is 219 Å². The van der Waals surface area contributed by atoms with E-state index in [1.165, 1.54) is 11.1 Å². The number of hydrogen-bond acceptors (Lipinski definition) is 6. The van der Waals surface area contributed by atoms with Gasteiger partial charge in [0, 0.05) is 36.6 Å². The Morgan fingerprint density at radius 1 is 1.00 bits per heavy atom. The quantitative estimate of drug-likeness (QED) is 0.293. The number of benzene rings is 2. The van der Waals surface area contributed by atoms with Crippen molar-refractivity contribution in [3.8, 4) is 11.5 Å². The molecule has 1 fully saturated rings. The van der Waals surface area contributed by atoms with Gasteiger partial charge >= 0.3 is 0 Å². The standard InChI is InChI=1S/C25H33ClINO4S/c1-25(2,19-5-8-24(23(27)13-19)32-16-20(29)14-26)18-3-6-22(7-4-18)31-17-21(30)15-28-9-11-33-12-10-28/h3-8,13,20-21,29-30H,9-12,14-17H2,1-2H3. The number of ether oxygens (including phenoxy) is 2. The fourth-order valence-electron chi connectivity index (χ4n) is 3.70. The molecule has 0 aliphatic carbocycles.